The van der Waals surface area contributed by atoms with Crippen LogP contribution in [0.15, 0.2) is 54.6 Å². The number of benzene rings is 2. The van der Waals surface area contributed by atoms with E-state index in [4.69, 9.17) is 25.8 Å². The van der Waals surface area contributed by atoms with Gasteiger partial charge in [-0.15, -0.1) is 0 Å². The summed E-state index contributed by atoms with van der Waals surface area (Å²) in [5, 5.41) is 28.5. The average Bonchev–Trinajstić information content (AvgIpc) is 0.841. The maximum absolute atomic E-state index is 13.3. The normalized spacial score (nSPS) is 21.7. The number of urea groups is 3. The zero-order valence-electron chi connectivity index (χ0n) is 65.4. The lowest BCUT2D eigenvalue weighted by atomic mass is 9.78. The van der Waals surface area contributed by atoms with Crippen LogP contribution in [0.1, 0.15) is 210 Å². The van der Waals surface area contributed by atoms with Crippen molar-refractivity contribution in [3.63, 3.8) is 0 Å². The quantitative estimate of drug-likeness (QED) is 0.0237. The third-order valence-electron chi connectivity index (χ3n) is 22.9. The largest absolute Gasteiger partial charge is 0.453 e. The highest BCUT2D eigenvalue weighted by Crippen LogP contribution is 2.38. The summed E-state index contributed by atoms with van der Waals surface area (Å²) in [7, 11) is 9.92. The molecule has 4 aliphatic carbocycles. The summed E-state index contributed by atoms with van der Waals surface area (Å²) in [6.07, 6.45) is 33.3. The molecule has 0 radical (unpaired) electrons. The van der Waals surface area contributed by atoms with Crippen LogP contribution in [0.25, 0.3) is 0 Å². The molecule has 24 nitrogen and oxygen atoms in total. The van der Waals surface area contributed by atoms with Crippen molar-refractivity contribution in [2.75, 3.05) is 141 Å². The summed E-state index contributed by atoms with van der Waals surface area (Å²) in [5.41, 5.74) is 2.08. The molecule has 0 aromatic heterocycles. The maximum Gasteiger partial charge on any atom is 0.406 e. The Morgan fingerprint density at radius 2 is 0.745 bits per heavy atom. The summed E-state index contributed by atoms with van der Waals surface area (Å²) >= 11 is 6.29. The van der Waals surface area contributed by atoms with Gasteiger partial charge in [-0.1, -0.05) is 170 Å². The number of hydrogen-bond donors (Lipinski definition) is 9. The van der Waals surface area contributed by atoms with Gasteiger partial charge in [-0.2, -0.15) is 0 Å². The first kappa shape index (κ1) is 87.3. The van der Waals surface area contributed by atoms with Gasteiger partial charge in [0.05, 0.1) is 59.5 Å². The zero-order valence-corrected chi connectivity index (χ0v) is 66.2. The Kier molecular flexibility index (Phi) is 41.8. The third kappa shape index (κ3) is 32.0. The monoisotopic (exact) mass is 1510 g/mol. The summed E-state index contributed by atoms with van der Waals surface area (Å²) < 4.78 is 32.9. The number of carbonyl (C=O) groups excluding carboxylic acids is 6. The average molecular weight is 1510 g/mol. The van der Waals surface area contributed by atoms with Crippen LogP contribution in [-0.2, 0) is 28.4 Å². The summed E-state index contributed by atoms with van der Waals surface area (Å²) in [4.78, 5) is 80.0. The topological polar surface area (TPSA) is 276 Å². The number of nitrogens with zero attached hydrogens (tertiary/aromatic N) is 3. The van der Waals surface area contributed by atoms with Gasteiger partial charge in [0.2, 0.25) is 0 Å². The van der Waals surface area contributed by atoms with Crippen LogP contribution in [0, 0.1) is 41.4 Å². The highest BCUT2D eigenvalue weighted by Gasteiger charge is 2.38. The molecule has 9 N–H and O–H groups in total. The van der Waals surface area contributed by atoms with Gasteiger partial charge in [-0.05, 0) is 139 Å². The minimum absolute atomic E-state index is 0.00737. The van der Waals surface area contributed by atoms with Crippen molar-refractivity contribution in [3.05, 3.63) is 70.7 Å². The number of rotatable bonds is 33. The molecular weight excluding hydrogens is 1370 g/mol. The minimum atomic E-state index is -0.484. The van der Waals surface area contributed by atoms with Crippen LogP contribution in [0.2, 0.25) is 5.02 Å². The summed E-state index contributed by atoms with van der Waals surface area (Å²) in [6.45, 7) is 9.10. The third-order valence-corrected chi connectivity index (χ3v) is 23.1. The lowest BCUT2D eigenvalue weighted by molar-refractivity contribution is -0.0505. The number of likely N-dealkylation sites (N-methyl/N-ethyl adjacent to an activating group) is 3. The van der Waals surface area contributed by atoms with E-state index < -0.39 is 18.3 Å². The van der Waals surface area contributed by atoms with E-state index in [0.717, 1.165) is 121 Å². The van der Waals surface area contributed by atoms with Gasteiger partial charge in [0.1, 0.15) is 0 Å². The van der Waals surface area contributed by atoms with Gasteiger partial charge in [-0.25, -0.2) is 28.8 Å². The lowest BCUT2D eigenvalue weighted by Gasteiger charge is -2.41. The van der Waals surface area contributed by atoms with Crippen LogP contribution < -0.4 is 47.9 Å². The van der Waals surface area contributed by atoms with Crippen molar-refractivity contribution < 1.29 is 57.2 Å². The molecule has 0 spiro atoms. The van der Waals surface area contributed by atoms with Crippen LogP contribution >= 0.6 is 11.6 Å². The molecule has 2 aromatic carbocycles. The number of ether oxygens (including phenoxy) is 6. The van der Waals surface area contributed by atoms with Crippen molar-refractivity contribution in [3.8, 4) is 0 Å². The van der Waals surface area contributed by atoms with Crippen LogP contribution in [-0.4, -0.2) is 216 Å². The van der Waals surface area contributed by atoms with Gasteiger partial charge in [0.15, 0.2) is 0 Å². The second-order valence-electron chi connectivity index (χ2n) is 30.9. The number of alkyl carbamates (subject to hydrolysis) is 3. The molecule has 2 aromatic rings. The first-order valence-electron chi connectivity index (χ1n) is 40.9. The lowest BCUT2D eigenvalue weighted by Crippen LogP contribution is -2.53. The van der Waals surface area contributed by atoms with E-state index in [1.807, 2.05) is 78.3 Å². The highest BCUT2D eigenvalue weighted by molar-refractivity contribution is 6.30. The Morgan fingerprint density at radius 3 is 1.12 bits per heavy atom. The fourth-order valence-electron chi connectivity index (χ4n) is 17.6. The number of amides is 9. The fraction of sp³-hybridized carbons (Fsp3) is 0.778. The van der Waals surface area contributed by atoms with Gasteiger partial charge >= 0.3 is 36.4 Å². The molecule has 106 heavy (non-hydrogen) atoms. The standard InChI is InChI=1S/C27H43ClN4O4.C27H50N4O4.C27H44N4O4/c1-29-18-24(16-20-8-4-3-5-9-20)31-26(33)32-14-7-11-22(19-32)25(21-10-6-12-23(28)17-21)36-15-13-30-27(34)35-2;2*1-28-19-24(18-21-10-5-3-6-11-21)30-26(32)31-16-9-14-23(20-31)25(22-12-7-4-8-13-22)35-17-15-29-27(33)34-2/h6,10,12,17,20,22,24-25,29H,3-5,7-9,11,13-16,18-19H2,1-2H3,(H,30,34)(H,31,33);21-25,28H,3-20H2,1-2H3,(H,29,33)(H,30,32);4,7-8,12-13,21,23-25,28H,3,5-6,9-11,14-20H2,1-2H3,(H,29,33)(H,30,32)/t22-,24+,25+;2*23-,24+,25+/m111/s1. The predicted molar refractivity (Wildman–Crippen MR) is 418 cm³/mol. The SMILES string of the molecule is CNC[C@H](CC1CCCCC1)NC(=O)N1CCC[C@@H]([C@@H](OCCNC(=O)OC)C2CCCCC2)C1.CNC[C@H](CC1CCCCC1)NC(=O)N1CCC[C@@H]([C@@H](OCCNC(=O)OC)c2cccc(Cl)c2)C1.CNC[C@H](CC1CCCCC1)NC(=O)N1CCC[C@@H]([C@@H](OCCNC(=O)OC)c2ccccc2)C1. The molecule has 7 fully saturated rings. The van der Waals surface area contributed by atoms with Gasteiger partial charge < -0.3 is 91.0 Å². The Hall–Kier alpha value is -5.89. The van der Waals surface area contributed by atoms with Gasteiger partial charge in [0.25, 0.3) is 0 Å². The predicted octanol–water partition coefficient (Wildman–Crippen LogP) is 13.1. The van der Waals surface area contributed by atoms with Crippen molar-refractivity contribution >= 4 is 48.0 Å². The van der Waals surface area contributed by atoms with E-state index in [2.05, 4.69) is 74.2 Å². The molecular formula is C81H137ClN12O12. The number of nitrogens with one attached hydrogen (secondary N) is 9. The molecule has 4 saturated carbocycles. The number of likely N-dealkylation sites (tertiary alicyclic amines) is 3. The summed E-state index contributed by atoms with van der Waals surface area (Å²) in [5.74, 6) is 3.35. The van der Waals surface area contributed by atoms with Crippen molar-refractivity contribution in [2.45, 2.75) is 223 Å². The molecule has 9 atom stereocenters. The number of methoxy groups -OCH3 is 3. The van der Waals surface area contributed by atoms with E-state index >= 15 is 0 Å². The molecule has 3 aliphatic heterocycles. The fourth-order valence-corrected chi connectivity index (χ4v) is 17.8. The molecule has 3 saturated heterocycles. The van der Waals surface area contributed by atoms with Crippen molar-refractivity contribution in [1.29, 1.82) is 0 Å². The Balaban J connectivity index is 0.000000222. The molecule has 7 aliphatic rings. The number of hydrogen-bond acceptors (Lipinski definition) is 15. The molecule has 0 bridgehead atoms. The minimum Gasteiger partial charge on any atom is -0.453 e. The van der Waals surface area contributed by atoms with Crippen LogP contribution in [0.3, 0.4) is 0 Å². The molecule has 9 amide bonds. The summed E-state index contributed by atoms with van der Waals surface area (Å²) in [6, 6.07) is 18.5. The molecule has 9 rings (SSSR count). The smallest absolute Gasteiger partial charge is 0.406 e. The number of carbonyl (C=O) groups is 6. The molecule has 600 valence electrons. The van der Waals surface area contributed by atoms with E-state index in [9.17, 15) is 28.8 Å². The van der Waals surface area contributed by atoms with E-state index in [-0.39, 0.29) is 66.4 Å². The van der Waals surface area contributed by atoms with E-state index in [1.165, 1.54) is 150 Å². The van der Waals surface area contributed by atoms with Crippen molar-refractivity contribution in [1.82, 2.24) is 62.6 Å². The highest BCUT2D eigenvalue weighted by atomic mass is 35.5. The van der Waals surface area contributed by atoms with Crippen molar-refractivity contribution in [2.24, 2.45) is 41.4 Å². The maximum atomic E-state index is 13.3. The first-order valence-corrected chi connectivity index (χ1v) is 41.3. The van der Waals surface area contributed by atoms with Gasteiger partial charge in [0, 0.05) is 119 Å². The number of piperidine rings is 3. The molecule has 3 heterocycles. The Bertz CT molecular complexity index is 2780. The van der Waals surface area contributed by atoms with E-state index in [0.29, 0.717) is 81.2 Å². The van der Waals surface area contributed by atoms with Crippen LogP contribution in [0.5, 0.6) is 0 Å². The van der Waals surface area contributed by atoms with E-state index in [1.54, 1.807) is 0 Å². The van der Waals surface area contributed by atoms with Crippen LogP contribution in [0.4, 0.5) is 28.8 Å². The number of halogens is 1. The zero-order chi connectivity index (χ0) is 75.5. The Labute approximate surface area is 640 Å². The second-order valence-corrected chi connectivity index (χ2v) is 31.3. The first-order chi connectivity index (χ1) is 51.7. The second kappa shape index (κ2) is 50.7. The molecule has 25 heteroatoms. The van der Waals surface area contributed by atoms with Gasteiger partial charge in [-0.3, -0.25) is 0 Å². The molecule has 0 unspecified atom stereocenters. The Morgan fingerprint density at radius 1 is 0.406 bits per heavy atom.